The van der Waals surface area contributed by atoms with Crippen molar-refractivity contribution in [3.63, 3.8) is 0 Å². The lowest BCUT2D eigenvalue weighted by atomic mass is 10.2. The molecule has 6 heteroatoms. The standard InChI is InChI=1S/C13H15F3N2O/c14-13(15,16)9-2-1-3-11(8-9)17-7-6-12(19)18-10-4-5-10/h1-3,8,10,17H,4-7H2,(H,18,19). The summed E-state index contributed by atoms with van der Waals surface area (Å²) in [5.74, 6) is -0.0676. The first-order valence-corrected chi connectivity index (χ1v) is 6.15. The SMILES string of the molecule is O=C(CCNc1cccc(C(F)(F)F)c1)NC1CC1. The molecule has 0 saturated heterocycles. The molecule has 104 valence electrons. The van der Waals surface area contributed by atoms with Crippen LogP contribution in [0, 0.1) is 0 Å². The first-order valence-electron chi connectivity index (χ1n) is 6.15. The van der Waals surface area contributed by atoms with E-state index in [1.54, 1.807) is 6.07 Å². The molecule has 3 nitrogen and oxygen atoms in total. The van der Waals surface area contributed by atoms with Gasteiger partial charge in [-0.25, -0.2) is 0 Å². The quantitative estimate of drug-likeness (QED) is 0.865. The van der Waals surface area contributed by atoms with Gasteiger partial charge < -0.3 is 10.6 Å². The van der Waals surface area contributed by atoms with E-state index >= 15 is 0 Å². The number of halogens is 3. The first kappa shape index (κ1) is 13.7. The molecule has 0 radical (unpaired) electrons. The van der Waals surface area contributed by atoms with Crippen LogP contribution in [0.15, 0.2) is 24.3 Å². The van der Waals surface area contributed by atoms with Crippen LogP contribution in [0.5, 0.6) is 0 Å². The number of carbonyl (C=O) groups excluding carboxylic acids is 1. The van der Waals surface area contributed by atoms with Gasteiger partial charge in [0.25, 0.3) is 0 Å². The van der Waals surface area contributed by atoms with Crippen molar-refractivity contribution < 1.29 is 18.0 Å². The van der Waals surface area contributed by atoms with Gasteiger partial charge >= 0.3 is 6.18 Å². The highest BCUT2D eigenvalue weighted by molar-refractivity contribution is 5.77. The molecule has 0 unspecified atom stereocenters. The van der Waals surface area contributed by atoms with E-state index in [0.29, 0.717) is 18.3 Å². The third kappa shape index (κ3) is 4.46. The number of carbonyl (C=O) groups is 1. The van der Waals surface area contributed by atoms with Crippen LogP contribution in [0.25, 0.3) is 0 Å². The van der Waals surface area contributed by atoms with Crippen molar-refractivity contribution in [2.75, 3.05) is 11.9 Å². The smallest absolute Gasteiger partial charge is 0.385 e. The molecular weight excluding hydrogens is 257 g/mol. The molecule has 0 bridgehead atoms. The Morgan fingerprint density at radius 3 is 2.68 bits per heavy atom. The summed E-state index contributed by atoms with van der Waals surface area (Å²) in [4.78, 5) is 11.4. The number of hydrogen-bond donors (Lipinski definition) is 2. The fraction of sp³-hybridized carbons (Fsp3) is 0.462. The minimum Gasteiger partial charge on any atom is -0.385 e. The van der Waals surface area contributed by atoms with Crippen LogP contribution in [0.3, 0.4) is 0 Å². The van der Waals surface area contributed by atoms with Crippen LogP contribution in [-0.2, 0) is 11.0 Å². The second kappa shape index (κ2) is 5.50. The van der Waals surface area contributed by atoms with Crippen LogP contribution in [0.1, 0.15) is 24.8 Å². The summed E-state index contributed by atoms with van der Waals surface area (Å²) in [5, 5.41) is 5.64. The van der Waals surface area contributed by atoms with Crippen LogP contribution < -0.4 is 10.6 Å². The molecule has 2 N–H and O–H groups in total. The van der Waals surface area contributed by atoms with Crippen molar-refractivity contribution in [3.8, 4) is 0 Å². The summed E-state index contributed by atoms with van der Waals surface area (Å²) < 4.78 is 37.4. The maximum atomic E-state index is 12.5. The van der Waals surface area contributed by atoms with E-state index in [4.69, 9.17) is 0 Å². The van der Waals surface area contributed by atoms with Crippen molar-refractivity contribution in [2.45, 2.75) is 31.5 Å². The molecule has 1 saturated carbocycles. The predicted molar refractivity (Wildman–Crippen MR) is 65.7 cm³/mol. The highest BCUT2D eigenvalue weighted by atomic mass is 19.4. The fourth-order valence-corrected chi connectivity index (χ4v) is 1.65. The molecule has 2 rings (SSSR count). The predicted octanol–water partition coefficient (Wildman–Crippen LogP) is 2.79. The maximum absolute atomic E-state index is 12.5. The topological polar surface area (TPSA) is 41.1 Å². The van der Waals surface area contributed by atoms with Gasteiger partial charge in [0.1, 0.15) is 0 Å². The van der Waals surface area contributed by atoms with Crippen molar-refractivity contribution in [1.82, 2.24) is 5.32 Å². The minimum absolute atomic E-state index is 0.0676. The third-order valence-electron chi connectivity index (χ3n) is 2.81. The number of amides is 1. The number of hydrogen-bond acceptors (Lipinski definition) is 2. The molecule has 19 heavy (non-hydrogen) atoms. The lowest BCUT2D eigenvalue weighted by molar-refractivity contribution is -0.137. The second-order valence-corrected chi connectivity index (χ2v) is 4.60. The molecule has 0 aromatic heterocycles. The average molecular weight is 272 g/mol. The Morgan fingerprint density at radius 1 is 1.32 bits per heavy atom. The highest BCUT2D eigenvalue weighted by Crippen LogP contribution is 2.30. The van der Waals surface area contributed by atoms with E-state index in [-0.39, 0.29) is 12.3 Å². The van der Waals surface area contributed by atoms with E-state index in [0.717, 1.165) is 25.0 Å². The van der Waals surface area contributed by atoms with Crippen molar-refractivity contribution >= 4 is 11.6 Å². The van der Waals surface area contributed by atoms with Gasteiger partial charge in [-0.2, -0.15) is 13.2 Å². The molecule has 1 aliphatic carbocycles. The fourth-order valence-electron chi connectivity index (χ4n) is 1.65. The summed E-state index contributed by atoms with van der Waals surface area (Å²) in [6.07, 6.45) is -2.05. The maximum Gasteiger partial charge on any atom is 0.416 e. The van der Waals surface area contributed by atoms with Gasteiger partial charge in [0.05, 0.1) is 5.56 Å². The molecule has 1 aromatic carbocycles. The zero-order valence-corrected chi connectivity index (χ0v) is 10.3. The number of benzene rings is 1. The van der Waals surface area contributed by atoms with E-state index in [1.807, 2.05) is 0 Å². The lowest BCUT2D eigenvalue weighted by Crippen LogP contribution is -2.27. The summed E-state index contributed by atoms with van der Waals surface area (Å²) in [7, 11) is 0. The summed E-state index contributed by atoms with van der Waals surface area (Å²) in [6, 6.07) is 5.26. The first-order chi connectivity index (χ1) is 8.95. The second-order valence-electron chi connectivity index (χ2n) is 4.60. The molecule has 1 aromatic rings. The van der Waals surface area contributed by atoms with Gasteiger partial charge in [0.2, 0.25) is 5.91 Å². The monoisotopic (exact) mass is 272 g/mol. The van der Waals surface area contributed by atoms with Crippen LogP contribution in [-0.4, -0.2) is 18.5 Å². The molecular formula is C13H15F3N2O. The van der Waals surface area contributed by atoms with Gasteiger partial charge in [-0.15, -0.1) is 0 Å². The van der Waals surface area contributed by atoms with Crippen LogP contribution in [0.2, 0.25) is 0 Å². The average Bonchev–Trinajstić information content (AvgIpc) is 3.12. The normalized spacial score (nSPS) is 15.1. The molecule has 0 aliphatic heterocycles. The van der Waals surface area contributed by atoms with Gasteiger partial charge in [-0.3, -0.25) is 4.79 Å². The largest absolute Gasteiger partial charge is 0.416 e. The third-order valence-corrected chi connectivity index (χ3v) is 2.81. The van der Waals surface area contributed by atoms with Gasteiger partial charge in [0.15, 0.2) is 0 Å². The summed E-state index contributed by atoms with van der Waals surface area (Å²) in [5.41, 5.74) is -0.325. The Hall–Kier alpha value is -1.72. The van der Waals surface area contributed by atoms with Crippen LogP contribution >= 0.6 is 0 Å². The molecule has 0 heterocycles. The number of anilines is 1. The zero-order valence-electron chi connectivity index (χ0n) is 10.3. The Balaban J connectivity index is 1.80. The molecule has 0 spiro atoms. The van der Waals surface area contributed by atoms with E-state index < -0.39 is 11.7 Å². The van der Waals surface area contributed by atoms with Gasteiger partial charge in [0, 0.05) is 24.7 Å². The summed E-state index contributed by atoms with van der Waals surface area (Å²) >= 11 is 0. The Kier molecular flexibility index (Phi) is 3.97. The summed E-state index contributed by atoms with van der Waals surface area (Å²) in [6.45, 7) is 0.319. The molecule has 1 fully saturated rings. The number of alkyl halides is 3. The zero-order chi connectivity index (χ0) is 13.9. The van der Waals surface area contributed by atoms with E-state index in [1.165, 1.54) is 6.07 Å². The molecule has 1 aliphatic rings. The molecule has 1 amide bonds. The lowest BCUT2D eigenvalue weighted by Gasteiger charge is -2.10. The highest BCUT2D eigenvalue weighted by Gasteiger charge is 2.30. The van der Waals surface area contributed by atoms with Crippen LogP contribution in [0.4, 0.5) is 18.9 Å². The minimum atomic E-state index is -4.35. The molecule has 0 atom stereocenters. The Morgan fingerprint density at radius 2 is 2.05 bits per heavy atom. The van der Waals surface area contributed by atoms with E-state index in [2.05, 4.69) is 10.6 Å². The number of rotatable bonds is 5. The van der Waals surface area contributed by atoms with Crippen molar-refractivity contribution in [1.29, 1.82) is 0 Å². The number of nitrogens with one attached hydrogen (secondary N) is 2. The van der Waals surface area contributed by atoms with E-state index in [9.17, 15) is 18.0 Å². The van der Waals surface area contributed by atoms with Crippen molar-refractivity contribution in [3.05, 3.63) is 29.8 Å². The van der Waals surface area contributed by atoms with Gasteiger partial charge in [-0.1, -0.05) is 6.07 Å². The van der Waals surface area contributed by atoms with Crippen molar-refractivity contribution in [2.24, 2.45) is 0 Å². The Bertz CT molecular complexity index is 455. The Labute approximate surface area is 109 Å². The van der Waals surface area contributed by atoms with Gasteiger partial charge in [-0.05, 0) is 31.0 Å².